The van der Waals surface area contributed by atoms with E-state index in [0.717, 1.165) is 17.0 Å². The van der Waals surface area contributed by atoms with Gasteiger partial charge in [-0.3, -0.25) is 0 Å². The summed E-state index contributed by atoms with van der Waals surface area (Å²) in [6.45, 7) is 2.59. The van der Waals surface area contributed by atoms with Crippen LogP contribution in [0, 0.1) is 12.7 Å². The van der Waals surface area contributed by atoms with Crippen molar-refractivity contribution in [1.29, 1.82) is 0 Å². The van der Waals surface area contributed by atoms with E-state index in [1.54, 1.807) is 23.9 Å². The van der Waals surface area contributed by atoms with Gasteiger partial charge in [0.05, 0.1) is 6.61 Å². The average molecular weight is 277 g/mol. The summed E-state index contributed by atoms with van der Waals surface area (Å²) in [5, 5.41) is 0. The highest BCUT2D eigenvalue weighted by atomic mass is 32.2. The molecule has 2 aromatic carbocycles. The number of anilines is 1. The van der Waals surface area contributed by atoms with E-state index in [-0.39, 0.29) is 5.82 Å². The number of ether oxygens (including phenoxy) is 1. The molecule has 0 bridgehead atoms. The van der Waals surface area contributed by atoms with Gasteiger partial charge in [0.2, 0.25) is 0 Å². The molecule has 0 aromatic heterocycles. The Labute approximate surface area is 116 Å². The zero-order valence-electron chi connectivity index (χ0n) is 10.7. The quantitative estimate of drug-likeness (QED) is 0.511. The standard InChI is InChI=1S/C15H16FNOS/c1-11-14(17)3-2-4-15(11)19-10-9-18-13-7-5-12(16)6-8-13/h2-8H,9-10,17H2,1H3. The number of rotatable bonds is 5. The van der Waals surface area contributed by atoms with E-state index in [1.165, 1.54) is 17.0 Å². The Morgan fingerprint density at radius 2 is 1.89 bits per heavy atom. The van der Waals surface area contributed by atoms with Gasteiger partial charge < -0.3 is 10.5 Å². The first-order valence-corrected chi connectivity index (χ1v) is 7.01. The molecule has 0 radical (unpaired) electrons. The van der Waals surface area contributed by atoms with E-state index >= 15 is 0 Å². The Bertz CT molecular complexity index is 542. The SMILES string of the molecule is Cc1c(N)cccc1SCCOc1ccc(F)cc1. The van der Waals surface area contributed by atoms with Crippen molar-refractivity contribution < 1.29 is 9.13 Å². The molecular formula is C15H16FNOS. The van der Waals surface area contributed by atoms with Crippen LogP contribution in [-0.2, 0) is 0 Å². The van der Waals surface area contributed by atoms with Gasteiger partial charge in [-0.25, -0.2) is 4.39 Å². The van der Waals surface area contributed by atoms with Gasteiger partial charge in [0.25, 0.3) is 0 Å². The van der Waals surface area contributed by atoms with Crippen molar-refractivity contribution in [2.45, 2.75) is 11.8 Å². The van der Waals surface area contributed by atoms with E-state index in [2.05, 4.69) is 0 Å². The third-order valence-electron chi connectivity index (χ3n) is 2.75. The first kappa shape index (κ1) is 13.7. The normalized spacial score (nSPS) is 10.4. The molecule has 2 nitrogen and oxygen atoms in total. The molecule has 0 fully saturated rings. The molecule has 4 heteroatoms. The topological polar surface area (TPSA) is 35.2 Å². The average Bonchev–Trinajstić information content (AvgIpc) is 2.41. The van der Waals surface area contributed by atoms with Crippen LogP contribution in [-0.4, -0.2) is 12.4 Å². The molecule has 0 spiro atoms. The summed E-state index contributed by atoms with van der Waals surface area (Å²) in [6.07, 6.45) is 0. The Balaban J connectivity index is 1.81. The van der Waals surface area contributed by atoms with E-state index in [4.69, 9.17) is 10.5 Å². The second-order valence-corrected chi connectivity index (χ2v) is 5.26. The van der Waals surface area contributed by atoms with Gasteiger partial charge in [-0.1, -0.05) is 6.07 Å². The van der Waals surface area contributed by atoms with Crippen LogP contribution in [0.2, 0.25) is 0 Å². The smallest absolute Gasteiger partial charge is 0.123 e. The highest BCUT2D eigenvalue weighted by Gasteiger charge is 2.02. The highest BCUT2D eigenvalue weighted by Crippen LogP contribution is 2.26. The maximum absolute atomic E-state index is 12.7. The van der Waals surface area contributed by atoms with Crippen LogP contribution in [0.5, 0.6) is 5.75 Å². The van der Waals surface area contributed by atoms with Gasteiger partial charge in [-0.15, -0.1) is 11.8 Å². The summed E-state index contributed by atoms with van der Waals surface area (Å²) < 4.78 is 18.2. The van der Waals surface area contributed by atoms with Crippen molar-refractivity contribution in [2.24, 2.45) is 0 Å². The summed E-state index contributed by atoms with van der Waals surface area (Å²) >= 11 is 1.70. The Kier molecular flexibility index (Phi) is 4.68. The first-order valence-electron chi connectivity index (χ1n) is 6.03. The summed E-state index contributed by atoms with van der Waals surface area (Å²) in [6, 6.07) is 11.9. The maximum Gasteiger partial charge on any atom is 0.123 e. The number of nitrogen functional groups attached to an aromatic ring is 1. The zero-order valence-corrected chi connectivity index (χ0v) is 11.5. The minimum Gasteiger partial charge on any atom is -0.493 e. The summed E-state index contributed by atoms with van der Waals surface area (Å²) in [5.41, 5.74) is 7.77. The number of thioether (sulfide) groups is 1. The Morgan fingerprint density at radius 3 is 2.63 bits per heavy atom. The number of hydrogen-bond donors (Lipinski definition) is 1. The number of halogens is 1. The molecule has 0 atom stereocenters. The lowest BCUT2D eigenvalue weighted by Crippen LogP contribution is -2.00. The van der Waals surface area contributed by atoms with Crippen molar-refractivity contribution >= 4 is 17.4 Å². The van der Waals surface area contributed by atoms with Crippen molar-refractivity contribution in [3.8, 4) is 5.75 Å². The molecule has 0 unspecified atom stereocenters. The van der Waals surface area contributed by atoms with Crippen molar-refractivity contribution in [1.82, 2.24) is 0 Å². The second-order valence-electron chi connectivity index (χ2n) is 4.12. The van der Waals surface area contributed by atoms with Gasteiger partial charge in [0.1, 0.15) is 11.6 Å². The Morgan fingerprint density at radius 1 is 1.16 bits per heavy atom. The van der Waals surface area contributed by atoms with Gasteiger partial charge in [-0.05, 0) is 48.9 Å². The lowest BCUT2D eigenvalue weighted by atomic mass is 10.2. The highest BCUT2D eigenvalue weighted by molar-refractivity contribution is 7.99. The van der Waals surface area contributed by atoms with Crippen molar-refractivity contribution in [3.63, 3.8) is 0 Å². The fourth-order valence-corrected chi connectivity index (χ4v) is 2.53. The molecule has 2 N–H and O–H groups in total. The van der Waals surface area contributed by atoms with Gasteiger partial charge in [0, 0.05) is 16.3 Å². The zero-order chi connectivity index (χ0) is 13.7. The molecule has 0 aliphatic carbocycles. The molecule has 0 saturated carbocycles. The third kappa shape index (κ3) is 3.89. The van der Waals surface area contributed by atoms with Gasteiger partial charge in [-0.2, -0.15) is 0 Å². The number of benzene rings is 2. The van der Waals surface area contributed by atoms with E-state index < -0.39 is 0 Å². The fourth-order valence-electron chi connectivity index (χ4n) is 1.63. The van der Waals surface area contributed by atoms with Gasteiger partial charge in [0.15, 0.2) is 0 Å². The van der Waals surface area contributed by atoms with Gasteiger partial charge >= 0.3 is 0 Å². The molecule has 0 aliphatic heterocycles. The van der Waals surface area contributed by atoms with Crippen LogP contribution in [0.25, 0.3) is 0 Å². The molecule has 0 amide bonds. The van der Waals surface area contributed by atoms with Crippen LogP contribution in [0.1, 0.15) is 5.56 Å². The van der Waals surface area contributed by atoms with Crippen LogP contribution < -0.4 is 10.5 Å². The first-order chi connectivity index (χ1) is 9.16. The van der Waals surface area contributed by atoms with Crippen LogP contribution in [0.15, 0.2) is 47.4 Å². The summed E-state index contributed by atoms with van der Waals surface area (Å²) in [4.78, 5) is 1.17. The summed E-state index contributed by atoms with van der Waals surface area (Å²) in [5.74, 6) is 1.25. The van der Waals surface area contributed by atoms with Crippen LogP contribution in [0.4, 0.5) is 10.1 Å². The monoisotopic (exact) mass is 277 g/mol. The minimum absolute atomic E-state index is 0.253. The Hall–Kier alpha value is -1.68. The molecule has 19 heavy (non-hydrogen) atoms. The van der Waals surface area contributed by atoms with Crippen LogP contribution >= 0.6 is 11.8 Å². The molecular weight excluding hydrogens is 261 g/mol. The molecule has 2 aromatic rings. The van der Waals surface area contributed by atoms with Crippen molar-refractivity contribution in [3.05, 3.63) is 53.8 Å². The number of hydrogen-bond acceptors (Lipinski definition) is 3. The third-order valence-corrected chi connectivity index (χ3v) is 3.87. The molecule has 0 aliphatic rings. The molecule has 100 valence electrons. The summed E-state index contributed by atoms with van der Waals surface area (Å²) in [7, 11) is 0. The predicted molar refractivity (Wildman–Crippen MR) is 78.2 cm³/mol. The molecule has 0 heterocycles. The predicted octanol–water partition coefficient (Wildman–Crippen LogP) is 3.89. The largest absolute Gasteiger partial charge is 0.493 e. The van der Waals surface area contributed by atoms with Crippen LogP contribution in [0.3, 0.4) is 0 Å². The fraction of sp³-hybridized carbons (Fsp3) is 0.200. The second kappa shape index (κ2) is 6.48. The van der Waals surface area contributed by atoms with E-state index in [0.29, 0.717) is 12.4 Å². The minimum atomic E-state index is -0.253. The van der Waals surface area contributed by atoms with E-state index in [9.17, 15) is 4.39 Å². The molecule has 2 rings (SSSR count). The maximum atomic E-state index is 12.7. The lowest BCUT2D eigenvalue weighted by molar-refractivity contribution is 0.343. The van der Waals surface area contributed by atoms with E-state index in [1.807, 2.05) is 25.1 Å². The molecule has 0 saturated heterocycles. The lowest BCUT2D eigenvalue weighted by Gasteiger charge is -2.09. The number of nitrogens with two attached hydrogens (primary N) is 1. The van der Waals surface area contributed by atoms with Crippen molar-refractivity contribution in [2.75, 3.05) is 18.1 Å².